The molecule has 284 valence electrons. The lowest BCUT2D eigenvalue weighted by atomic mass is 10.1. The summed E-state index contributed by atoms with van der Waals surface area (Å²) >= 11 is 0. The normalized spacial score (nSPS) is 15.9. The Kier molecular flexibility index (Phi) is 7.31. The minimum Gasteiger partial charge on any atom is -0.458 e. The van der Waals surface area contributed by atoms with Gasteiger partial charge >= 0.3 is 0 Å². The van der Waals surface area contributed by atoms with Crippen LogP contribution in [0.25, 0.3) is 44.3 Å². The number of nitrogens with zero attached hydrogens (tertiary/aromatic N) is 6. The van der Waals surface area contributed by atoms with Gasteiger partial charge in [0.2, 0.25) is 6.33 Å². The number of anilines is 4. The van der Waals surface area contributed by atoms with Gasteiger partial charge in [-0.05, 0) is 90.3 Å². The third-order valence-corrected chi connectivity index (χ3v) is 15.7. The molecule has 3 aromatic heterocycles. The van der Waals surface area contributed by atoms with Crippen molar-refractivity contribution in [3.63, 3.8) is 0 Å². The second kappa shape index (κ2) is 13.5. The second-order valence-electron chi connectivity index (χ2n) is 16.0. The van der Waals surface area contributed by atoms with Crippen molar-refractivity contribution >= 4 is 74.0 Å². The fourth-order valence-corrected chi connectivity index (χ4v) is 12.3. The lowest BCUT2D eigenvalue weighted by Crippen LogP contribution is -2.58. The molecule has 0 amide bonds. The zero-order chi connectivity index (χ0) is 41.5. The van der Waals surface area contributed by atoms with Gasteiger partial charge in [0.05, 0.1) is 44.5 Å². The van der Waals surface area contributed by atoms with Crippen molar-refractivity contribution in [3.8, 4) is 23.0 Å². The van der Waals surface area contributed by atoms with E-state index in [1.54, 1.807) is 0 Å². The molecule has 1 saturated heterocycles. The lowest BCUT2D eigenvalue weighted by molar-refractivity contribution is -0.649. The number of pyridine rings is 1. The van der Waals surface area contributed by atoms with E-state index in [2.05, 4.69) is 137 Å². The molecule has 0 unspecified atom stereocenters. The predicted octanol–water partition coefficient (Wildman–Crippen LogP) is 10.1. The molecule has 0 aliphatic carbocycles. The van der Waals surface area contributed by atoms with E-state index >= 15 is 0 Å². The smallest absolute Gasteiger partial charge is 0.244 e. The molecule has 0 spiro atoms. The van der Waals surface area contributed by atoms with Gasteiger partial charge < -0.3 is 23.7 Å². The van der Waals surface area contributed by atoms with E-state index in [4.69, 9.17) is 13.8 Å². The van der Waals surface area contributed by atoms with Crippen LogP contribution in [-0.4, -0.2) is 35.3 Å². The Hall–Kier alpha value is -6.64. The van der Waals surface area contributed by atoms with Crippen LogP contribution in [0.1, 0.15) is 23.4 Å². The average Bonchev–Trinajstić information content (AvgIpc) is 3.83. The number of ether oxygens (including phenoxy) is 1. The molecule has 2 aliphatic heterocycles. The Morgan fingerprint density at radius 3 is 2.19 bits per heavy atom. The lowest BCUT2D eigenvalue weighted by Gasteiger charge is -2.41. The summed E-state index contributed by atoms with van der Waals surface area (Å²) in [6, 6.07) is 50.4. The number of imidazole rings is 1. The van der Waals surface area contributed by atoms with Crippen LogP contribution in [0.15, 0.2) is 152 Å². The zero-order valence-corrected chi connectivity index (χ0v) is 33.6. The minimum atomic E-state index is -2.40. The summed E-state index contributed by atoms with van der Waals surface area (Å²) in [4.78, 5) is 9.74. The third-order valence-electron chi connectivity index (χ3n) is 12.2. The van der Waals surface area contributed by atoms with Crippen LogP contribution in [-0.2, 0) is 6.98 Å². The molecule has 8 heteroatoms. The van der Waals surface area contributed by atoms with Crippen LogP contribution in [0, 0.1) is 6.33 Å². The van der Waals surface area contributed by atoms with Crippen LogP contribution in [0.2, 0.25) is 13.1 Å². The number of rotatable bonds is 6. The van der Waals surface area contributed by atoms with Crippen LogP contribution in [0.5, 0.6) is 11.5 Å². The number of aryl methyl sites for hydroxylation is 1. The van der Waals surface area contributed by atoms with Crippen molar-refractivity contribution in [2.24, 2.45) is 6.98 Å². The van der Waals surface area contributed by atoms with E-state index in [1.165, 1.54) is 32.7 Å². The highest BCUT2D eigenvalue weighted by Gasteiger charge is 2.38. The maximum atomic E-state index is 8.36. The monoisotopic (exact) mass is 775 g/mol. The van der Waals surface area contributed by atoms with Gasteiger partial charge in [0, 0.05) is 59.3 Å². The van der Waals surface area contributed by atoms with Crippen molar-refractivity contribution in [1.82, 2.24) is 14.1 Å². The molecule has 0 bridgehead atoms. The van der Waals surface area contributed by atoms with Gasteiger partial charge in [-0.25, -0.2) is 4.98 Å². The number of fused-ring (bicyclic) bond motifs is 6. The number of benzene rings is 6. The zero-order valence-electron chi connectivity index (χ0n) is 35.6. The van der Waals surface area contributed by atoms with Crippen LogP contribution in [0.3, 0.4) is 0 Å². The van der Waals surface area contributed by atoms with Crippen molar-refractivity contribution in [2.75, 3.05) is 22.9 Å². The summed E-state index contributed by atoms with van der Waals surface area (Å²) < 4.78 is 37.1. The second-order valence-corrected chi connectivity index (χ2v) is 20.3. The maximum absolute atomic E-state index is 8.36. The summed E-state index contributed by atoms with van der Waals surface area (Å²) in [5.41, 5.74) is 8.67. The Balaban J connectivity index is 0.982. The van der Waals surface area contributed by atoms with Crippen LogP contribution >= 0.6 is 0 Å². The molecule has 1 fully saturated rings. The van der Waals surface area contributed by atoms with Crippen molar-refractivity contribution in [1.29, 1.82) is 0 Å². The molecule has 0 N–H and O–H groups in total. The van der Waals surface area contributed by atoms with Gasteiger partial charge in [-0.15, -0.1) is 0 Å². The summed E-state index contributed by atoms with van der Waals surface area (Å²) in [6.07, 6.45) is 8.57. The first-order chi connectivity index (χ1) is 29.6. The molecule has 0 atom stereocenters. The SMILES string of the molecule is [2H]C([2H])([2H])[n+]1[c-]n(-c2cccc(Oc3ccc4c5ccccc5n(-c5cc(N6c7ccccc7[Si](C)(C)c7ccccc76)ccn5)c4c3)c2)c2ccc(N3CCCCC3)cc21. The molecule has 6 aromatic carbocycles. The van der Waals surface area contributed by atoms with Gasteiger partial charge in [-0.2, -0.15) is 0 Å². The van der Waals surface area contributed by atoms with Crippen LogP contribution < -0.4 is 29.5 Å². The molecule has 5 heterocycles. The summed E-state index contributed by atoms with van der Waals surface area (Å²) in [5, 5.41) is 5.05. The predicted molar refractivity (Wildman–Crippen MR) is 239 cm³/mol. The Morgan fingerprint density at radius 1 is 0.638 bits per heavy atom. The van der Waals surface area contributed by atoms with E-state index in [9.17, 15) is 0 Å². The Morgan fingerprint density at radius 2 is 1.38 bits per heavy atom. The van der Waals surface area contributed by atoms with Gasteiger partial charge in [-0.3, -0.25) is 4.57 Å². The highest BCUT2D eigenvalue weighted by molar-refractivity contribution is 7.02. The van der Waals surface area contributed by atoms with Crippen molar-refractivity contribution in [2.45, 2.75) is 32.4 Å². The van der Waals surface area contributed by atoms with Gasteiger partial charge in [0.15, 0.2) is 0 Å². The Labute approximate surface area is 343 Å². The molecule has 0 saturated carbocycles. The first-order valence-electron chi connectivity index (χ1n) is 21.7. The summed E-state index contributed by atoms with van der Waals surface area (Å²) in [7, 11) is -1.94. The average molecular weight is 776 g/mol. The highest BCUT2D eigenvalue weighted by atomic mass is 28.3. The van der Waals surface area contributed by atoms with E-state index < -0.39 is 15.0 Å². The Bertz CT molecular complexity index is 3120. The molecular weight excluding hydrogens is 729 g/mol. The molecule has 2 aliphatic rings. The molecule has 9 aromatic rings. The van der Waals surface area contributed by atoms with Crippen molar-refractivity contribution < 1.29 is 13.4 Å². The van der Waals surface area contributed by atoms with E-state index in [0.29, 0.717) is 17.0 Å². The third kappa shape index (κ3) is 5.54. The largest absolute Gasteiger partial charge is 0.458 e. The minimum absolute atomic E-state index is 0.616. The van der Waals surface area contributed by atoms with Gasteiger partial charge in [0.25, 0.3) is 0 Å². The topological polar surface area (TPSA) is 42.3 Å². The number of hydrogen-bond donors (Lipinski definition) is 0. The van der Waals surface area contributed by atoms with Gasteiger partial charge in [-0.1, -0.05) is 85.9 Å². The van der Waals surface area contributed by atoms with Gasteiger partial charge in [0.1, 0.15) is 25.4 Å². The van der Waals surface area contributed by atoms with Crippen LogP contribution in [0.4, 0.5) is 22.7 Å². The maximum Gasteiger partial charge on any atom is 0.244 e. The molecular formula is C50H44N6OSi. The fourth-order valence-electron chi connectivity index (χ4n) is 9.33. The summed E-state index contributed by atoms with van der Waals surface area (Å²) in [5.74, 6) is 2.09. The molecule has 0 radical (unpaired) electrons. The highest BCUT2D eigenvalue weighted by Crippen LogP contribution is 2.40. The number of piperidine rings is 1. The van der Waals surface area contributed by atoms with E-state index in [1.807, 2.05) is 53.2 Å². The number of hydrogen-bond acceptors (Lipinski definition) is 4. The van der Waals surface area contributed by atoms with Crippen molar-refractivity contribution in [3.05, 3.63) is 158 Å². The molecule has 7 nitrogen and oxygen atoms in total. The molecule has 11 rings (SSSR count). The summed E-state index contributed by atoms with van der Waals surface area (Å²) in [6.45, 7) is 4.42. The first kappa shape index (κ1) is 31.4. The molecule has 58 heavy (non-hydrogen) atoms. The fraction of sp³-hybridized carbons (Fsp3) is 0.160. The standard InChI is InChI=1S/C50H44N6OSi/c1-52-34-54(43-25-22-35(31-47(43)52)53-28-11-4-12-29-53)36-14-13-15-38(30-36)57-39-23-24-41-40-16-5-6-17-42(40)56(46(41)33-39)50-32-37(26-27-51-50)55-44-18-7-9-20-48(44)58(2,3)49-21-10-8-19-45(49)55/h5-10,13-27,30-33H,4,11-12,28-29H2,1-3H3/i1D3. The number of para-hydroxylation sites is 3. The first-order valence-corrected chi connectivity index (χ1v) is 23.2. The number of aromatic nitrogens is 4. The quantitative estimate of drug-likeness (QED) is 0.0959. The van der Waals surface area contributed by atoms with E-state index in [-0.39, 0.29) is 0 Å². The van der Waals surface area contributed by atoms with E-state index in [0.717, 1.165) is 76.1 Å².